The molecule has 0 unspecified atom stereocenters. The van der Waals surface area contributed by atoms with E-state index in [-0.39, 0.29) is 6.61 Å². The Hall–Kier alpha value is -1.07. The molecule has 0 spiro atoms. The third kappa shape index (κ3) is 3.28. The number of aldehydes is 1. The predicted molar refractivity (Wildman–Crippen MR) is 75.0 cm³/mol. The molecule has 1 aliphatic rings. The first-order chi connectivity index (χ1) is 9.08. The normalized spacial score (nSPS) is 17.2. The highest BCUT2D eigenvalue weighted by molar-refractivity contribution is 9.10. The van der Waals surface area contributed by atoms with Gasteiger partial charge in [-0.3, -0.25) is 4.79 Å². The lowest BCUT2D eigenvalue weighted by molar-refractivity contribution is 0.000489. The molecular weight excluding hydrogens is 312 g/mol. The molecule has 104 valence electrons. The topological polar surface area (TPSA) is 55.8 Å². The Labute approximate surface area is 120 Å². The summed E-state index contributed by atoms with van der Waals surface area (Å²) < 4.78 is 11.6. The lowest BCUT2D eigenvalue weighted by Gasteiger charge is -2.23. The van der Waals surface area contributed by atoms with E-state index in [4.69, 9.17) is 9.47 Å². The number of benzene rings is 1. The highest BCUT2D eigenvalue weighted by Gasteiger charge is 2.32. The van der Waals surface area contributed by atoms with Crippen LogP contribution < -0.4 is 9.47 Å². The molecule has 0 radical (unpaired) electrons. The van der Waals surface area contributed by atoms with Crippen molar-refractivity contribution in [3.8, 4) is 11.5 Å². The number of hydrogen-bond donors (Lipinski definition) is 1. The van der Waals surface area contributed by atoms with E-state index in [9.17, 15) is 9.90 Å². The second kappa shape index (κ2) is 5.92. The summed E-state index contributed by atoms with van der Waals surface area (Å²) in [6.07, 6.45) is 4.34. The van der Waals surface area contributed by atoms with Crippen LogP contribution in [0.15, 0.2) is 16.6 Å². The first-order valence-electron chi connectivity index (χ1n) is 6.26. The van der Waals surface area contributed by atoms with Gasteiger partial charge in [0.1, 0.15) is 12.9 Å². The minimum Gasteiger partial charge on any atom is -0.493 e. The maximum Gasteiger partial charge on any atom is 0.175 e. The van der Waals surface area contributed by atoms with Crippen molar-refractivity contribution in [3.05, 3.63) is 22.2 Å². The second-order valence-corrected chi connectivity index (χ2v) is 5.73. The Morgan fingerprint density at radius 3 is 2.68 bits per heavy atom. The van der Waals surface area contributed by atoms with Gasteiger partial charge in [0.25, 0.3) is 0 Å². The van der Waals surface area contributed by atoms with Crippen molar-refractivity contribution in [1.29, 1.82) is 0 Å². The van der Waals surface area contributed by atoms with Crippen LogP contribution in [0.1, 0.15) is 36.0 Å². The summed E-state index contributed by atoms with van der Waals surface area (Å²) in [5.41, 5.74) is -0.232. The minimum absolute atomic E-state index is 0.238. The minimum atomic E-state index is -0.742. The fraction of sp³-hybridized carbons (Fsp3) is 0.500. The van der Waals surface area contributed by atoms with Gasteiger partial charge in [-0.2, -0.15) is 0 Å². The predicted octanol–water partition coefficient (Wildman–Crippen LogP) is 2.95. The summed E-state index contributed by atoms with van der Waals surface area (Å²) >= 11 is 3.36. The fourth-order valence-electron chi connectivity index (χ4n) is 2.33. The number of methoxy groups -OCH3 is 1. The Morgan fingerprint density at radius 2 is 2.11 bits per heavy atom. The van der Waals surface area contributed by atoms with Crippen LogP contribution in [0.2, 0.25) is 0 Å². The molecule has 1 aromatic rings. The Balaban J connectivity index is 2.17. The average Bonchev–Trinajstić information content (AvgIpc) is 2.83. The zero-order valence-corrected chi connectivity index (χ0v) is 12.4. The number of aliphatic hydroxyl groups is 1. The van der Waals surface area contributed by atoms with Crippen molar-refractivity contribution in [2.75, 3.05) is 13.7 Å². The number of ether oxygens (including phenoxy) is 2. The lowest BCUT2D eigenvalue weighted by Crippen LogP contribution is -2.32. The van der Waals surface area contributed by atoms with Gasteiger partial charge >= 0.3 is 0 Å². The highest BCUT2D eigenvalue weighted by Crippen LogP contribution is 2.38. The average molecular weight is 329 g/mol. The Kier molecular flexibility index (Phi) is 4.47. The zero-order chi connectivity index (χ0) is 13.9. The molecule has 0 aliphatic heterocycles. The van der Waals surface area contributed by atoms with Crippen molar-refractivity contribution in [3.63, 3.8) is 0 Å². The number of carbonyl (C=O) groups excluding carboxylic acids is 1. The maximum atomic E-state index is 10.8. The van der Waals surface area contributed by atoms with Crippen molar-refractivity contribution < 1.29 is 19.4 Å². The summed E-state index contributed by atoms with van der Waals surface area (Å²) in [5, 5.41) is 10.3. The van der Waals surface area contributed by atoms with E-state index in [0.717, 1.165) is 32.0 Å². The molecule has 0 bridgehead atoms. The van der Waals surface area contributed by atoms with Crippen molar-refractivity contribution in [1.82, 2.24) is 0 Å². The van der Waals surface area contributed by atoms with E-state index in [2.05, 4.69) is 15.9 Å². The molecule has 0 aromatic heterocycles. The van der Waals surface area contributed by atoms with E-state index in [1.54, 1.807) is 12.1 Å². The van der Waals surface area contributed by atoms with Crippen LogP contribution in [0.3, 0.4) is 0 Å². The zero-order valence-electron chi connectivity index (χ0n) is 10.8. The molecule has 1 aromatic carbocycles. The summed E-state index contributed by atoms with van der Waals surface area (Å²) in [7, 11) is 1.52. The first-order valence-corrected chi connectivity index (χ1v) is 7.05. The summed E-state index contributed by atoms with van der Waals surface area (Å²) in [5.74, 6) is 1.01. The van der Waals surface area contributed by atoms with Crippen molar-refractivity contribution in [2.45, 2.75) is 31.3 Å². The van der Waals surface area contributed by atoms with E-state index in [0.29, 0.717) is 21.5 Å². The fourth-order valence-corrected chi connectivity index (χ4v) is 2.91. The Bertz CT molecular complexity index is 467. The standard InChI is InChI=1S/C14H17BrO4/c1-18-12-7-10(8-16)6-11(15)13(12)19-9-14(17)4-2-3-5-14/h6-8,17H,2-5,9H2,1H3. The van der Waals surface area contributed by atoms with Crippen LogP contribution in [-0.4, -0.2) is 30.7 Å². The van der Waals surface area contributed by atoms with Crippen LogP contribution in [-0.2, 0) is 0 Å². The highest BCUT2D eigenvalue weighted by atomic mass is 79.9. The van der Waals surface area contributed by atoms with E-state index in [1.807, 2.05) is 0 Å². The summed E-state index contributed by atoms with van der Waals surface area (Å²) in [6, 6.07) is 3.29. The first kappa shape index (κ1) is 14.3. The third-order valence-corrected chi connectivity index (χ3v) is 4.00. The second-order valence-electron chi connectivity index (χ2n) is 4.87. The van der Waals surface area contributed by atoms with Crippen LogP contribution >= 0.6 is 15.9 Å². The molecule has 1 fully saturated rings. The monoisotopic (exact) mass is 328 g/mol. The summed E-state index contributed by atoms with van der Waals surface area (Å²) in [4.78, 5) is 10.8. The van der Waals surface area contributed by atoms with E-state index in [1.165, 1.54) is 7.11 Å². The number of rotatable bonds is 5. The van der Waals surface area contributed by atoms with Gasteiger partial charge in [-0.15, -0.1) is 0 Å². The van der Waals surface area contributed by atoms with Gasteiger partial charge in [0.15, 0.2) is 11.5 Å². The molecule has 5 heteroatoms. The van der Waals surface area contributed by atoms with Gasteiger partial charge in [0.05, 0.1) is 17.2 Å². The molecule has 0 heterocycles. The molecule has 1 N–H and O–H groups in total. The lowest BCUT2D eigenvalue weighted by atomic mass is 10.0. The van der Waals surface area contributed by atoms with Gasteiger partial charge in [0.2, 0.25) is 0 Å². The number of hydrogen-bond acceptors (Lipinski definition) is 4. The van der Waals surface area contributed by atoms with E-state index < -0.39 is 5.60 Å². The maximum absolute atomic E-state index is 10.8. The molecule has 1 aliphatic carbocycles. The largest absolute Gasteiger partial charge is 0.493 e. The number of carbonyl (C=O) groups is 1. The van der Waals surface area contributed by atoms with Gasteiger partial charge in [-0.1, -0.05) is 12.8 Å². The van der Waals surface area contributed by atoms with Crippen LogP contribution in [0.4, 0.5) is 0 Å². The Morgan fingerprint density at radius 1 is 1.42 bits per heavy atom. The van der Waals surface area contributed by atoms with Gasteiger partial charge < -0.3 is 14.6 Å². The molecular formula is C14H17BrO4. The smallest absolute Gasteiger partial charge is 0.175 e. The van der Waals surface area contributed by atoms with Crippen LogP contribution in [0, 0.1) is 0 Å². The molecule has 1 saturated carbocycles. The molecule has 2 rings (SSSR count). The molecule has 0 amide bonds. The van der Waals surface area contributed by atoms with Crippen molar-refractivity contribution >= 4 is 22.2 Å². The third-order valence-electron chi connectivity index (χ3n) is 3.41. The molecule has 0 atom stereocenters. The molecule has 0 saturated heterocycles. The SMILES string of the molecule is COc1cc(C=O)cc(Br)c1OCC1(O)CCCC1. The van der Waals surface area contributed by atoms with Gasteiger partial charge in [-0.05, 0) is 40.9 Å². The van der Waals surface area contributed by atoms with Gasteiger partial charge in [-0.25, -0.2) is 0 Å². The quantitative estimate of drug-likeness (QED) is 0.844. The van der Waals surface area contributed by atoms with Gasteiger partial charge in [0, 0.05) is 5.56 Å². The molecule has 4 nitrogen and oxygen atoms in total. The van der Waals surface area contributed by atoms with E-state index >= 15 is 0 Å². The summed E-state index contributed by atoms with van der Waals surface area (Å²) in [6.45, 7) is 0.238. The van der Waals surface area contributed by atoms with Crippen LogP contribution in [0.5, 0.6) is 11.5 Å². The van der Waals surface area contributed by atoms with Crippen molar-refractivity contribution in [2.24, 2.45) is 0 Å². The van der Waals surface area contributed by atoms with Crippen LogP contribution in [0.25, 0.3) is 0 Å². The number of halogens is 1. The molecule has 19 heavy (non-hydrogen) atoms.